The van der Waals surface area contributed by atoms with Crippen molar-refractivity contribution in [1.82, 2.24) is 42.1 Å². The number of benzene rings is 7. The summed E-state index contributed by atoms with van der Waals surface area (Å²) in [5.74, 6) is -13.3. The molecule has 0 aromatic heterocycles. The van der Waals surface area contributed by atoms with Gasteiger partial charge in [0.15, 0.2) is 23.0 Å². The molecule has 0 fully saturated rings. The number of phenolic OH excluding ortho intramolecular Hbond substituents is 6. The minimum absolute atomic E-state index is 0.0914. The number of unbranched alkanes of at least 4 members (excludes halogenated alkanes) is 2. The maximum absolute atomic E-state index is 15.9. The summed E-state index contributed by atoms with van der Waals surface area (Å²) < 4.78 is 18.6. The average Bonchev–Trinajstić information content (AvgIpc) is 0.785. The number of phenols is 6. The molecule has 26 nitrogen and oxygen atoms in total. The molecule has 0 radical (unpaired) electrons. The Morgan fingerprint density at radius 2 is 1.15 bits per heavy atom. The highest BCUT2D eigenvalue weighted by atomic mass is 35.5. The van der Waals surface area contributed by atoms with Crippen LogP contribution in [0.4, 0.5) is 0 Å². The predicted molar refractivity (Wildman–Crippen MR) is 333 cm³/mol. The summed E-state index contributed by atoms with van der Waals surface area (Å²) in [6.07, 6.45) is -0.445. The van der Waals surface area contributed by atoms with Gasteiger partial charge in [0.2, 0.25) is 47.1 Å². The van der Waals surface area contributed by atoms with Crippen LogP contribution < -0.4 is 57.2 Å². The summed E-state index contributed by atoms with van der Waals surface area (Å²) in [7, 11) is 3.83. The Balaban J connectivity index is 1.10. The third-order valence-electron chi connectivity index (χ3n) is 16.0. The summed E-state index contributed by atoms with van der Waals surface area (Å²) in [6.45, 7) is 0.859. The van der Waals surface area contributed by atoms with Gasteiger partial charge in [-0.3, -0.25) is 33.6 Å². The van der Waals surface area contributed by atoms with E-state index in [1.807, 2.05) is 19.0 Å². The molecule has 6 heterocycles. The lowest BCUT2D eigenvalue weighted by atomic mass is 9.89. The molecule has 6 aliphatic rings. The fourth-order valence-electron chi connectivity index (χ4n) is 11.3. The van der Waals surface area contributed by atoms with Gasteiger partial charge in [-0.15, -0.1) is 0 Å². The zero-order valence-corrected chi connectivity index (χ0v) is 50.8. The van der Waals surface area contributed by atoms with Crippen LogP contribution in [0.25, 0.3) is 11.1 Å². The topological polar surface area (TPSA) is 402 Å². The van der Waals surface area contributed by atoms with Gasteiger partial charge in [0.05, 0.1) is 10.0 Å². The second-order valence-corrected chi connectivity index (χ2v) is 23.7. The van der Waals surface area contributed by atoms with Crippen LogP contribution in [-0.2, 0) is 40.0 Å². The van der Waals surface area contributed by atoms with Crippen LogP contribution in [0.2, 0.25) is 10.0 Å². The number of hydrogen-bond acceptors (Lipinski definition) is 19. The van der Waals surface area contributed by atoms with Crippen LogP contribution in [0.3, 0.4) is 0 Å². The Morgan fingerprint density at radius 1 is 0.548 bits per heavy atom. The van der Waals surface area contributed by atoms with Crippen molar-refractivity contribution < 1.29 is 83.5 Å². The molecule has 0 spiro atoms. The Bertz CT molecular complexity index is 4210. The van der Waals surface area contributed by atoms with E-state index < -0.39 is 136 Å². The number of hydrogen-bond donors (Lipinski definition) is 15. The van der Waals surface area contributed by atoms with Gasteiger partial charge < -0.3 is 97.8 Å². The number of nitrogens with zero attached hydrogens (tertiary/aromatic N) is 1. The van der Waals surface area contributed by atoms with Gasteiger partial charge in [-0.2, -0.15) is 0 Å². The molecule has 7 aromatic rings. The summed E-state index contributed by atoms with van der Waals surface area (Å²) in [6, 6.07) is 9.50. The molecule has 7 amide bonds. The van der Waals surface area contributed by atoms with Gasteiger partial charge in [-0.1, -0.05) is 53.9 Å². The van der Waals surface area contributed by atoms with E-state index >= 15 is 19.2 Å². The quantitative estimate of drug-likeness (QED) is 0.0845. The number of nitrogens with one attached hydrogen (secondary N) is 7. The van der Waals surface area contributed by atoms with E-state index in [2.05, 4.69) is 37.2 Å². The molecule has 13 rings (SSSR count). The lowest BCUT2D eigenvalue weighted by molar-refractivity contribution is -0.137. The van der Waals surface area contributed by atoms with Crippen LogP contribution in [-0.4, -0.2) is 121 Å². The Hall–Kier alpha value is -10.5. The molecular formula is C65H61Cl2N9O17. The number of carbonyl (C=O) groups is 7. The minimum Gasteiger partial charge on any atom is -0.508 e. The van der Waals surface area contributed by atoms with Crippen molar-refractivity contribution in [3.05, 3.63) is 164 Å². The average molecular weight is 1310 g/mol. The van der Waals surface area contributed by atoms with E-state index in [9.17, 15) is 50.1 Å². The highest BCUT2D eigenvalue weighted by Gasteiger charge is 2.41. The Kier molecular flexibility index (Phi) is 18.2. The summed E-state index contributed by atoms with van der Waals surface area (Å²) >= 11 is 13.8. The van der Waals surface area contributed by atoms with E-state index in [0.29, 0.717) is 18.4 Å². The maximum atomic E-state index is 15.9. The van der Waals surface area contributed by atoms with Crippen molar-refractivity contribution in [1.29, 1.82) is 0 Å². The number of aliphatic hydroxyl groups excluding tert-OH is 1. The molecule has 0 saturated carbocycles. The van der Waals surface area contributed by atoms with Crippen molar-refractivity contribution in [2.75, 3.05) is 27.2 Å². The minimum atomic E-state index is -2.15. The van der Waals surface area contributed by atoms with E-state index in [-0.39, 0.29) is 90.5 Å². The van der Waals surface area contributed by atoms with E-state index in [1.165, 1.54) is 66.7 Å². The highest BCUT2D eigenvalue weighted by molar-refractivity contribution is 6.32. The van der Waals surface area contributed by atoms with Crippen LogP contribution in [0, 0.1) is 0 Å². The first-order chi connectivity index (χ1) is 44.4. The van der Waals surface area contributed by atoms with Crippen molar-refractivity contribution in [3.63, 3.8) is 0 Å². The molecule has 8 atom stereocenters. The molecule has 7 aromatic carbocycles. The number of aromatic hydroxyl groups is 6. The predicted octanol–water partition coefficient (Wildman–Crippen LogP) is 5.75. The molecule has 0 unspecified atom stereocenters. The van der Waals surface area contributed by atoms with Crippen molar-refractivity contribution >= 4 is 64.6 Å². The van der Waals surface area contributed by atoms with Crippen LogP contribution in [0.5, 0.6) is 69.0 Å². The van der Waals surface area contributed by atoms with Gasteiger partial charge in [0.1, 0.15) is 88.6 Å². The number of nitrogens with two attached hydrogens (primary N) is 1. The molecule has 6 aliphatic heterocycles. The van der Waals surface area contributed by atoms with Crippen LogP contribution >= 0.6 is 23.2 Å². The number of ether oxygens (including phenoxy) is 3. The fraction of sp³-hybridized carbons (Fsp3) is 0.246. The number of amides is 7. The highest BCUT2D eigenvalue weighted by Crippen LogP contribution is 2.48. The SMILES string of the molecule is CN(C)CCCCCNC(=O)[C@H]1NC(=O)[C@H]2NC(=O)[C@H](NC(=O)[C@@H]3NC(=O)[C@H]4NC(=O)[C@@H](Cc5ccc(c(Cl)c5)Oc5cc3cc(c5O)Oc3ccc(cc3Cl)[C@H]2O)NC(=O)[C@H](N)c2ccc(O)c(c2)Oc2cc(O)cc4c2)c2ccc(O)c(c2)-c2c(O)cc(O)cc21. The molecule has 0 aliphatic carbocycles. The summed E-state index contributed by atoms with van der Waals surface area (Å²) in [5, 5.41) is 99.3. The molecule has 482 valence electrons. The van der Waals surface area contributed by atoms with Gasteiger partial charge in [0, 0.05) is 36.2 Å². The smallest absolute Gasteiger partial charge is 0.248 e. The third-order valence-corrected chi connectivity index (χ3v) is 16.6. The van der Waals surface area contributed by atoms with Gasteiger partial charge in [-0.05, 0) is 151 Å². The third kappa shape index (κ3) is 13.6. The number of aliphatic hydroxyl groups is 1. The lowest BCUT2D eigenvalue weighted by Gasteiger charge is -2.31. The van der Waals surface area contributed by atoms with Gasteiger partial charge in [0.25, 0.3) is 0 Å². The summed E-state index contributed by atoms with van der Waals surface area (Å²) in [5.41, 5.74) is 5.09. The number of fused-ring (bicyclic) bond motifs is 14. The number of rotatable bonds is 7. The van der Waals surface area contributed by atoms with Crippen molar-refractivity contribution in [2.45, 2.75) is 74.1 Å². The fourth-order valence-corrected chi connectivity index (χ4v) is 11.8. The largest absolute Gasteiger partial charge is 0.508 e. The lowest BCUT2D eigenvalue weighted by Crippen LogP contribution is -2.56. The number of halogens is 2. The zero-order valence-electron chi connectivity index (χ0n) is 49.3. The standard InChI is InChI=1S/C65H61Cl2N9O17/c1-76(2)15-5-3-4-14-69-61(86)55-38-26-35(78)27-44(81)50(38)37-20-30(8-10-42(37)79)52-62(87)75-56(65(90)74-55)57(82)31-9-13-46(40(67)21-31)93-49-24-33-23-48(58(49)83)92-45-12-6-28(16-39(45)66)17-41-59(84)71-53(63(88)73-54(33)64(89)72-52)32-18-34(77)25-36(19-32)91-47-22-29(7-11-43(47)80)51(68)60(85)70-41/h6-13,16,18-27,41,51-57,77-83H,3-5,14-15,17,68H2,1-2H3,(H,69,86)(H,70,85)(H,71,84)(H,72,89)(H,73,88)(H,74,90)(H,75,87)/t41-,51-,52-,53+,54-,55+,56+,57-/m1/s1. The first-order valence-corrected chi connectivity index (χ1v) is 29.9. The first-order valence-electron chi connectivity index (χ1n) is 29.1. The van der Waals surface area contributed by atoms with Gasteiger partial charge >= 0.3 is 0 Å². The van der Waals surface area contributed by atoms with Crippen molar-refractivity contribution in [3.8, 4) is 80.1 Å². The maximum Gasteiger partial charge on any atom is 0.248 e. The molecule has 16 N–H and O–H groups in total. The second-order valence-electron chi connectivity index (χ2n) is 22.9. The normalized spacial score (nSPS) is 21.2. The molecule has 17 bridgehead atoms. The molecule has 93 heavy (non-hydrogen) atoms. The van der Waals surface area contributed by atoms with Crippen LogP contribution in [0.15, 0.2) is 115 Å². The van der Waals surface area contributed by atoms with Crippen molar-refractivity contribution in [2.24, 2.45) is 5.73 Å². The van der Waals surface area contributed by atoms with E-state index in [4.69, 9.17) is 43.1 Å². The molecule has 0 saturated heterocycles. The first kappa shape index (κ1) is 64.0. The zero-order chi connectivity index (χ0) is 66.3. The molecular weight excluding hydrogens is 1250 g/mol. The summed E-state index contributed by atoms with van der Waals surface area (Å²) in [4.78, 5) is 108. The van der Waals surface area contributed by atoms with Crippen LogP contribution in [0.1, 0.15) is 94.5 Å². The van der Waals surface area contributed by atoms with E-state index in [0.717, 1.165) is 61.5 Å². The Labute approximate surface area is 539 Å². The van der Waals surface area contributed by atoms with Gasteiger partial charge in [-0.25, -0.2) is 0 Å². The second kappa shape index (κ2) is 26.4. The Morgan fingerprint density at radius 3 is 1.84 bits per heavy atom. The van der Waals surface area contributed by atoms with E-state index in [1.54, 1.807) is 0 Å². The molecule has 28 heteroatoms. The number of carbonyl (C=O) groups excluding carboxylic acids is 7. The monoisotopic (exact) mass is 1310 g/mol.